The van der Waals surface area contributed by atoms with Crippen molar-refractivity contribution < 1.29 is 0 Å². The minimum absolute atomic E-state index is 0.0371. The molecule has 0 saturated heterocycles. The first-order valence-corrected chi connectivity index (χ1v) is 10.9. The summed E-state index contributed by atoms with van der Waals surface area (Å²) in [6, 6.07) is 30.7. The van der Waals surface area contributed by atoms with Gasteiger partial charge in [-0.1, -0.05) is 78.9 Å². The lowest BCUT2D eigenvalue weighted by Crippen LogP contribution is -2.47. The largest absolute Gasteiger partial charge is 0.298 e. The molecule has 0 radical (unpaired) electrons. The number of rotatable bonds is 5. The fourth-order valence-electron chi connectivity index (χ4n) is 4.28. The summed E-state index contributed by atoms with van der Waals surface area (Å²) < 4.78 is 1.82. The fourth-order valence-corrected chi connectivity index (χ4v) is 4.28. The summed E-state index contributed by atoms with van der Waals surface area (Å²) in [6.45, 7) is 3.89. The Balaban J connectivity index is 1.57. The average molecular weight is 423 g/mol. The number of anilines is 2. The third-order valence-electron chi connectivity index (χ3n) is 5.91. The molecule has 0 atom stereocenters. The van der Waals surface area contributed by atoms with E-state index < -0.39 is 0 Å². The van der Waals surface area contributed by atoms with Gasteiger partial charge in [-0.2, -0.15) is 0 Å². The molecule has 0 spiro atoms. The van der Waals surface area contributed by atoms with Gasteiger partial charge in [0.25, 0.3) is 5.56 Å². The summed E-state index contributed by atoms with van der Waals surface area (Å²) in [5.74, 6) is 0.708. The van der Waals surface area contributed by atoms with E-state index >= 15 is 0 Å². The lowest BCUT2D eigenvalue weighted by atomic mass is 10.1. The number of benzene rings is 3. The molecular weight excluding hydrogens is 396 g/mol. The first kappa shape index (κ1) is 20.2. The van der Waals surface area contributed by atoms with Crippen LogP contribution in [0.25, 0.3) is 0 Å². The van der Waals surface area contributed by atoms with E-state index in [0.717, 1.165) is 29.1 Å². The van der Waals surface area contributed by atoms with Crippen LogP contribution in [0.5, 0.6) is 0 Å². The quantitative estimate of drug-likeness (QED) is 0.467. The summed E-state index contributed by atoms with van der Waals surface area (Å²) in [6.07, 6.45) is 0.586. The topological polar surface area (TPSA) is 41.4 Å². The second-order valence-corrected chi connectivity index (χ2v) is 8.23. The van der Waals surface area contributed by atoms with Gasteiger partial charge in [0.1, 0.15) is 0 Å². The minimum Gasteiger partial charge on any atom is -0.298 e. The molecule has 0 bridgehead atoms. The van der Waals surface area contributed by atoms with Crippen LogP contribution in [0, 0.1) is 6.92 Å². The van der Waals surface area contributed by atoms with E-state index in [0.29, 0.717) is 25.7 Å². The van der Waals surface area contributed by atoms with E-state index in [2.05, 4.69) is 58.3 Å². The molecule has 3 aromatic carbocycles. The number of para-hydroxylation sites is 1. The zero-order chi connectivity index (χ0) is 21.9. The van der Waals surface area contributed by atoms with Gasteiger partial charge in [0.05, 0.1) is 19.0 Å². The highest BCUT2D eigenvalue weighted by Gasteiger charge is 2.28. The maximum Gasteiger partial charge on any atom is 0.259 e. The van der Waals surface area contributed by atoms with Crippen molar-refractivity contribution in [3.05, 3.63) is 124 Å². The molecule has 0 fully saturated rings. The molecule has 32 heavy (non-hydrogen) atoms. The summed E-state index contributed by atoms with van der Waals surface area (Å²) in [4.78, 5) is 23.0. The van der Waals surface area contributed by atoms with Crippen LogP contribution in [0.4, 0.5) is 11.6 Å². The molecule has 1 aliphatic heterocycles. The lowest BCUT2D eigenvalue weighted by Gasteiger charge is -2.38. The number of fused-ring (bicyclic) bond motifs is 1. The lowest BCUT2D eigenvalue weighted by molar-refractivity contribution is 0.190. The van der Waals surface area contributed by atoms with Crippen LogP contribution in [0.15, 0.2) is 95.8 Å². The summed E-state index contributed by atoms with van der Waals surface area (Å²) >= 11 is 0. The highest BCUT2D eigenvalue weighted by atomic mass is 16.1. The molecular formula is C27H26N4O. The van der Waals surface area contributed by atoms with Crippen LogP contribution in [0.2, 0.25) is 0 Å². The molecule has 0 saturated carbocycles. The second kappa shape index (κ2) is 8.81. The Kier molecular flexibility index (Phi) is 5.57. The zero-order valence-electron chi connectivity index (χ0n) is 18.2. The van der Waals surface area contributed by atoms with Crippen LogP contribution in [-0.2, 0) is 19.6 Å². The van der Waals surface area contributed by atoms with Gasteiger partial charge in [-0.05, 0) is 30.2 Å². The molecule has 5 nitrogen and oxygen atoms in total. The smallest absolute Gasteiger partial charge is 0.259 e. The SMILES string of the molecule is Cc1nc2n(c(=O)c1Cc1ccccc1)CN(Cc1ccccc1)CN2c1ccccc1. The van der Waals surface area contributed by atoms with Crippen LogP contribution in [0.1, 0.15) is 22.4 Å². The molecule has 0 aliphatic carbocycles. The molecule has 1 aliphatic rings. The second-order valence-electron chi connectivity index (χ2n) is 8.23. The number of hydrogen-bond donors (Lipinski definition) is 0. The van der Waals surface area contributed by atoms with Crippen LogP contribution < -0.4 is 10.5 Å². The Morgan fingerprint density at radius 2 is 1.38 bits per heavy atom. The number of nitrogens with zero attached hydrogens (tertiary/aromatic N) is 4. The van der Waals surface area contributed by atoms with E-state index in [1.807, 2.05) is 54.0 Å². The molecule has 0 unspecified atom stereocenters. The molecule has 0 N–H and O–H groups in total. The maximum absolute atomic E-state index is 13.7. The van der Waals surface area contributed by atoms with Gasteiger partial charge in [0.2, 0.25) is 5.95 Å². The van der Waals surface area contributed by atoms with Gasteiger partial charge in [-0.15, -0.1) is 0 Å². The molecule has 2 heterocycles. The minimum atomic E-state index is 0.0371. The van der Waals surface area contributed by atoms with Crippen molar-refractivity contribution in [3.8, 4) is 0 Å². The van der Waals surface area contributed by atoms with E-state index in [1.165, 1.54) is 5.56 Å². The van der Waals surface area contributed by atoms with Gasteiger partial charge in [0.15, 0.2) is 0 Å². The van der Waals surface area contributed by atoms with Crippen molar-refractivity contribution in [3.63, 3.8) is 0 Å². The van der Waals surface area contributed by atoms with Gasteiger partial charge in [-0.3, -0.25) is 19.2 Å². The average Bonchev–Trinajstić information content (AvgIpc) is 2.84. The number of hydrogen-bond acceptors (Lipinski definition) is 4. The summed E-state index contributed by atoms with van der Waals surface area (Å²) in [5.41, 5.74) is 4.96. The predicted molar refractivity (Wildman–Crippen MR) is 128 cm³/mol. The monoisotopic (exact) mass is 422 g/mol. The van der Waals surface area contributed by atoms with Crippen molar-refractivity contribution >= 4 is 11.6 Å². The van der Waals surface area contributed by atoms with Gasteiger partial charge in [0, 0.05) is 24.2 Å². The summed E-state index contributed by atoms with van der Waals surface area (Å²) in [7, 11) is 0. The molecule has 0 amide bonds. The van der Waals surface area contributed by atoms with Crippen molar-refractivity contribution in [1.29, 1.82) is 0 Å². The molecule has 4 aromatic rings. The first-order chi connectivity index (χ1) is 15.7. The van der Waals surface area contributed by atoms with Crippen LogP contribution >= 0.6 is 0 Å². The van der Waals surface area contributed by atoms with Crippen molar-refractivity contribution in [2.45, 2.75) is 26.6 Å². The predicted octanol–water partition coefficient (Wildman–Crippen LogP) is 4.71. The Bertz CT molecular complexity index is 1250. The van der Waals surface area contributed by atoms with Gasteiger partial charge >= 0.3 is 0 Å². The molecule has 5 rings (SSSR count). The Labute approximate surface area is 188 Å². The van der Waals surface area contributed by atoms with E-state index in [-0.39, 0.29) is 5.56 Å². The highest BCUT2D eigenvalue weighted by Crippen LogP contribution is 2.28. The van der Waals surface area contributed by atoms with Gasteiger partial charge in [-0.25, -0.2) is 4.98 Å². The van der Waals surface area contributed by atoms with E-state index in [4.69, 9.17) is 4.98 Å². The van der Waals surface area contributed by atoms with E-state index in [1.54, 1.807) is 0 Å². The third kappa shape index (κ3) is 4.07. The third-order valence-corrected chi connectivity index (χ3v) is 5.91. The standard InChI is InChI=1S/C27H26N4O/c1-21-25(17-22-11-5-2-6-12-22)26(32)31-20-29(18-23-13-7-3-8-14-23)19-30(27(31)28-21)24-15-9-4-10-16-24/h2-16H,17-20H2,1H3. The fraction of sp³-hybridized carbons (Fsp3) is 0.185. The van der Waals surface area contributed by atoms with Gasteiger partial charge < -0.3 is 0 Å². The van der Waals surface area contributed by atoms with Crippen LogP contribution in [0.3, 0.4) is 0 Å². The first-order valence-electron chi connectivity index (χ1n) is 10.9. The van der Waals surface area contributed by atoms with Crippen LogP contribution in [-0.4, -0.2) is 21.1 Å². The maximum atomic E-state index is 13.7. The zero-order valence-corrected chi connectivity index (χ0v) is 18.2. The van der Waals surface area contributed by atoms with Crippen molar-refractivity contribution in [1.82, 2.24) is 14.5 Å². The van der Waals surface area contributed by atoms with Crippen molar-refractivity contribution in [2.75, 3.05) is 11.6 Å². The number of aromatic nitrogens is 2. The Morgan fingerprint density at radius 1 is 0.781 bits per heavy atom. The Hall–Kier alpha value is -3.70. The molecule has 5 heteroatoms. The van der Waals surface area contributed by atoms with Crippen molar-refractivity contribution in [2.24, 2.45) is 0 Å². The highest BCUT2D eigenvalue weighted by molar-refractivity contribution is 5.58. The normalized spacial score (nSPS) is 13.7. The summed E-state index contributed by atoms with van der Waals surface area (Å²) in [5, 5.41) is 0. The molecule has 160 valence electrons. The molecule has 1 aromatic heterocycles. The number of aryl methyl sites for hydroxylation is 1. The Morgan fingerprint density at radius 3 is 2.03 bits per heavy atom. The van der Waals surface area contributed by atoms with E-state index in [9.17, 15) is 4.79 Å².